The molecule has 0 spiro atoms. The molecule has 2 heterocycles. The van der Waals surface area contributed by atoms with Crippen molar-refractivity contribution in [2.75, 3.05) is 68.5 Å². The molecule has 2 N–H and O–H groups in total. The zero-order valence-corrected chi connectivity index (χ0v) is 75.5. The first-order valence-corrected chi connectivity index (χ1v) is 44.7. The van der Waals surface area contributed by atoms with Gasteiger partial charge in [-0.1, -0.05) is 112 Å². The Hall–Kier alpha value is -4.97. The Balaban J connectivity index is 0.000000189. The van der Waals surface area contributed by atoms with Gasteiger partial charge in [0.15, 0.2) is 0 Å². The molecule has 2 saturated heterocycles. The topological polar surface area (TPSA) is 77.2 Å². The molecule has 11 nitrogen and oxygen atoms in total. The molecule has 28 heteroatoms. The monoisotopic (exact) mass is 1780 g/mol. The maximum atomic E-state index is 13.1. The number of benzene rings is 5. The van der Waals surface area contributed by atoms with Gasteiger partial charge >= 0.3 is 31.1 Å². The smallest absolute Gasteiger partial charge is 0.406 e. The molecule has 7 aliphatic rings. The predicted molar refractivity (Wildman–Crippen MR) is 458 cm³/mol. The van der Waals surface area contributed by atoms with Crippen LogP contribution < -0.4 is 15.4 Å². The fourth-order valence-electron chi connectivity index (χ4n) is 19.5. The van der Waals surface area contributed by atoms with Crippen LogP contribution in [0.1, 0.15) is 271 Å². The van der Waals surface area contributed by atoms with Gasteiger partial charge in [0, 0.05) is 54.4 Å². The van der Waals surface area contributed by atoms with Gasteiger partial charge in [0.1, 0.15) is 5.75 Å². The van der Waals surface area contributed by atoms with E-state index in [1.54, 1.807) is 30.3 Å². The van der Waals surface area contributed by atoms with Gasteiger partial charge in [0.25, 0.3) is 0 Å². The van der Waals surface area contributed by atoms with E-state index in [0.29, 0.717) is 47.9 Å². The summed E-state index contributed by atoms with van der Waals surface area (Å²) in [5, 5.41) is 6.81. The lowest BCUT2D eigenvalue weighted by atomic mass is 9.77. The van der Waals surface area contributed by atoms with E-state index in [1.807, 2.05) is 88.2 Å². The standard InChI is InChI=1S/C20H29F3N2.C20H28F3NO.C18H26ClF3N2.C18H25ClF3NO.C18H26F3NO2/c1-14(2)24-18-9-8-16(13-19(18)25-10-3-4-11-25)15-6-5-7-17(12-15)20(21,22)23;1-14(2)25-19-9-8-16(13-18(19)24-10-3-4-11-24)15-6-5-7-17(12-15)20(21,22)23;1-11(2)23-16-8-6-13(10-17(16)24(3)4)12-5-7-15(19)14(9-12)18(20,21)22;1-11(2)24-17-8-6-13(10-16(17)23(3)4)12-5-7-15(19)14(9-12)18(20,21)22;1-12(2)23-17-9-8-14(11-16(17)22(3)4)13-6-5-7-15(10-13)24-18(19,20)21/h5-7,12,14,16,18-19,24H,3-4,8-11,13H2,1-2H3;5-7,12,14,16,18-19H,3-4,8-11,13H2,1-2H3;5,7,9,11,13,16-17,23H,6,8,10H2,1-4H3;5,7,9,11,13,16-17H,6,8,10H2,1-4H3;5-7,10,12,14,16-17H,8-9,11H2,1-4H3/t2*16-,18-,19-;2*13-,16-,17-;14-,16-,17-/m00000/s1. The van der Waals surface area contributed by atoms with E-state index in [-0.39, 0.29) is 94.1 Å². The minimum Gasteiger partial charge on any atom is -0.406 e. The number of alkyl halides is 15. The van der Waals surface area contributed by atoms with Crippen molar-refractivity contribution in [1.29, 1.82) is 0 Å². The summed E-state index contributed by atoms with van der Waals surface area (Å²) in [7, 11) is 12.1. The van der Waals surface area contributed by atoms with Crippen LogP contribution in [0.4, 0.5) is 65.9 Å². The fraction of sp³-hybridized carbons (Fsp3) is 0.681. The number of nitrogens with one attached hydrogen (secondary N) is 2. The number of likely N-dealkylation sites (N-methyl/N-ethyl adjacent to an activating group) is 3. The normalized spacial score (nSPS) is 26.7. The summed E-state index contributed by atoms with van der Waals surface area (Å²) in [6.07, 6.45) is -2.78. The molecule has 5 aromatic carbocycles. The van der Waals surface area contributed by atoms with Gasteiger partial charge < -0.3 is 44.3 Å². The van der Waals surface area contributed by atoms with Gasteiger partial charge in [-0.05, 0) is 338 Å². The summed E-state index contributed by atoms with van der Waals surface area (Å²) in [4.78, 5) is 11.5. The van der Waals surface area contributed by atoms with Crippen LogP contribution in [0.3, 0.4) is 0 Å². The Kier molecular flexibility index (Phi) is 38.5. The Morgan fingerprint density at radius 2 is 0.680 bits per heavy atom. The van der Waals surface area contributed by atoms with Gasteiger partial charge in [-0.3, -0.25) is 9.80 Å². The molecule has 122 heavy (non-hydrogen) atoms. The van der Waals surface area contributed by atoms with Gasteiger partial charge in [0.05, 0.1) is 68.9 Å². The maximum absolute atomic E-state index is 13.1. The van der Waals surface area contributed by atoms with E-state index >= 15 is 0 Å². The van der Waals surface area contributed by atoms with Gasteiger partial charge in [-0.25, -0.2) is 0 Å². The van der Waals surface area contributed by atoms with Crippen LogP contribution in [0, 0.1) is 0 Å². The molecule has 15 atom stereocenters. The van der Waals surface area contributed by atoms with Crippen LogP contribution in [-0.2, 0) is 38.9 Å². The summed E-state index contributed by atoms with van der Waals surface area (Å²) in [6, 6.07) is 30.0. The highest BCUT2D eigenvalue weighted by atomic mass is 35.5. The number of nitrogens with zero attached hydrogens (tertiary/aromatic N) is 5. The molecule has 688 valence electrons. The molecule has 5 aliphatic carbocycles. The zero-order valence-electron chi connectivity index (χ0n) is 74.0. The highest BCUT2D eigenvalue weighted by Crippen LogP contribution is 2.47. The van der Waals surface area contributed by atoms with E-state index in [4.69, 9.17) is 37.4 Å². The van der Waals surface area contributed by atoms with Crippen molar-refractivity contribution in [1.82, 2.24) is 35.1 Å². The second-order valence-electron chi connectivity index (χ2n) is 36.6. The SMILES string of the molecule is CC(C)N[C@H]1CC[C@H](c2ccc(Cl)c(C(F)(F)F)c2)C[C@@H]1N(C)C.CC(C)N[C@H]1CC[C@H](c2cccc(C(F)(F)F)c2)C[C@@H]1N1CCCC1.CC(C)O[C@H]1CC[C@H](c2ccc(Cl)c(C(F)(F)F)c2)C[C@@H]1N(C)C.CC(C)O[C@H]1CC[C@H](c2cccc(C(F)(F)F)c2)C[C@@H]1N1CCCC1.CC(C)O[C@H]1CC[C@H](c2cccc(OC(F)(F)F)c2)C[C@@H]1N(C)C. The molecular formula is C94H134Cl2F15N7O4. The fourth-order valence-corrected chi connectivity index (χ4v) is 19.9. The van der Waals surface area contributed by atoms with Crippen molar-refractivity contribution in [3.05, 3.63) is 169 Å². The average molecular weight is 1780 g/mol. The van der Waals surface area contributed by atoms with Crippen molar-refractivity contribution in [3.8, 4) is 5.75 Å². The van der Waals surface area contributed by atoms with E-state index in [2.05, 4.69) is 81.4 Å². The lowest BCUT2D eigenvalue weighted by Crippen LogP contribution is -2.53. The molecule has 7 fully saturated rings. The average Bonchev–Trinajstić information content (AvgIpc) is 0.878. The lowest BCUT2D eigenvalue weighted by molar-refractivity contribution is -0.274. The Morgan fingerprint density at radius 3 is 1.06 bits per heavy atom. The van der Waals surface area contributed by atoms with Gasteiger partial charge in [-0.15, -0.1) is 13.2 Å². The van der Waals surface area contributed by atoms with Crippen LogP contribution in [0.25, 0.3) is 0 Å². The minimum atomic E-state index is -4.66. The van der Waals surface area contributed by atoms with Crippen molar-refractivity contribution in [2.24, 2.45) is 0 Å². The Morgan fingerprint density at radius 1 is 0.352 bits per heavy atom. The molecule has 2 aliphatic heterocycles. The number of hydrogen-bond donors (Lipinski definition) is 2. The van der Waals surface area contributed by atoms with Crippen molar-refractivity contribution < 1.29 is 84.8 Å². The molecule has 5 saturated carbocycles. The van der Waals surface area contributed by atoms with Crippen LogP contribution in [0.2, 0.25) is 10.0 Å². The van der Waals surface area contributed by atoms with Crippen molar-refractivity contribution >= 4 is 23.2 Å². The second kappa shape index (κ2) is 45.8. The van der Waals surface area contributed by atoms with Crippen molar-refractivity contribution in [2.45, 2.75) is 343 Å². The number of likely N-dealkylation sites (tertiary alicyclic amines) is 2. The van der Waals surface area contributed by atoms with E-state index in [0.717, 1.165) is 151 Å². The molecule has 0 bridgehead atoms. The minimum absolute atomic E-state index is 0.0859. The van der Waals surface area contributed by atoms with Crippen molar-refractivity contribution in [3.63, 3.8) is 0 Å². The number of ether oxygens (including phenoxy) is 4. The van der Waals surface area contributed by atoms with Crippen LogP contribution in [0.5, 0.6) is 5.75 Å². The summed E-state index contributed by atoms with van der Waals surface area (Å²) >= 11 is 11.5. The highest BCUT2D eigenvalue weighted by molar-refractivity contribution is 6.31. The maximum Gasteiger partial charge on any atom is 0.573 e. The summed E-state index contributed by atoms with van der Waals surface area (Å²) < 4.78 is 216. The third kappa shape index (κ3) is 31.2. The third-order valence-electron chi connectivity index (χ3n) is 25.0. The predicted octanol–water partition coefficient (Wildman–Crippen LogP) is 24.9. The van der Waals surface area contributed by atoms with Crippen LogP contribution in [0.15, 0.2) is 109 Å². The molecule has 0 unspecified atom stereocenters. The molecule has 0 aromatic heterocycles. The molecule has 5 aromatic rings. The lowest BCUT2D eigenvalue weighted by Gasteiger charge is -2.42. The van der Waals surface area contributed by atoms with Gasteiger partial charge in [0.2, 0.25) is 0 Å². The molecular weight excluding hydrogens is 1650 g/mol. The first-order valence-electron chi connectivity index (χ1n) is 43.9. The molecule has 12 rings (SSSR count). The Labute approximate surface area is 725 Å². The van der Waals surface area contributed by atoms with E-state index in [9.17, 15) is 65.9 Å². The zero-order chi connectivity index (χ0) is 90.1. The first-order chi connectivity index (χ1) is 57.0. The number of rotatable bonds is 21. The third-order valence-corrected chi connectivity index (χ3v) is 25.7. The van der Waals surface area contributed by atoms with Gasteiger partial charge in [-0.2, -0.15) is 52.7 Å². The second-order valence-corrected chi connectivity index (χ2v) is 37.4. The highest BCUT2D eigenvalue weighted by Gasteiger charge is 2.44. The summed E-state index contributed by atoms with van der Waals surface area (Å²) in [6.45, 7) is 25.2. The largest absolute Gasteiger partial charge is 0.573 e. The molecule has 0 radical (unpaired) electrons. The summed E-state index contributed by atoms with van der Waals surface area (Å²) in [5.41, 5.74) is 1.47. The van der Waals surface area contributed by atoms with Crippen LogP contribution in [-0.4, -0.2) is 190 Å². The quantitative estimate of drug-likeness (QED) is 0.0690. The van der Waals surface area contributed by atoms with E-state index in [1.165, 1.54) is 80.3 Å². The first kappa shape index (κ1) is 102. The number of halogens is 17. The number of hydrogen-bond acceptors (Lipinski definition) is 11. The summed E-state index contributed by atoms with van der Waals surface area (Å²) in [5.74, 6) is 0.671. The van der Waals surface area contributed by atoms with E-state index < -0.39 is 53.3 Å². The Bertz CT molecular complexity index is 3740. The molecule has 0 amide bonds. The van der Waals surface area contributed by atoms with Crippen LogP contribution >= 0.6 is 23.2 Å².